The van der Waals surface area contributed by atoms with Crippen LogP contribution in [0, 0.1) is 17.6 Å². The summed E-state index contributed by atoms with van der Waals surface area (Å²) in [4.78, 5) is 26.4. The fraction of sp³-hybridized carbons (Fsp3) is 0.467. The molecule has 0 bridgehead atoms. The van der Waals surface area contributed by atoms with E-state index in [4.69, 9.17) is 5.11 Å². The number of nitrogens with zero attached hydrogens (tertiary/aromatic N) is 2. The lowest BCUT2D eigenvalue weighted by Crippen LogP contribution is -2.41. The molecule has 2 unspecified atom stereocenters. The van der Waals surface area contributed by atoms with E-state index in [9.17, 15) is 18.4 Å². The molecule has 7 heteroatoms. The minimum atomic E-state index is -0.870. The minimum absolute atomic E-state index is 0.232. The van der Waals surface area contributed by atoms with Crippen molar-refractivity contribution in [3.63, 3.8) is 0 Å². The predicted octanol–water partition coefficient (Wildman–Crippen LogP) is 1.48. The second-order valence-electron chi connectivity index (χ2n) is 5.68. The van der Waals surface area contributed by atoms with Gasteiger partial charge in [-0.25, -0.2) is 8.78 Å². The first-order valence-electron chi connectivity index (χ1n) is 7.21. The number of benzene rings is 1. The van der Waals surface area contributed by atoms with E-state index in [1.807, 2.05) is 0 Å². The molecule has 2 aliphatic heterocycles. The summed E-state index contributed by atoms with van der Waals surface area (Å²) >= 11 is 0. The van der Waals surface area contributed by atoms with Gasteiger partial charge in [-0.2, -0.15) is 0 Å². The molecule has 0 spiro atoms. The van der Waals surface area contributed by atoms with Gasteiger partial charge in [0.2, 0.25) is 5.91 Å². The van der Waals surface area contributed by atoms with Crippen LogP contribution in [0.2, 0.25) is 0 Å². The number of hydrogen-bond acceptors (Lipinski definition) is 3. The van der Waals surface area contributed by atoms with E-state index in [1.165, 1.54) is 6.07 Å². The zero-order valence-corrected chi connectivity index (χ0v) is 11.8. The monoisotopic (exact) mass is 310 g/mol. The third-order valence-electron chi connectivity index (χ3n) is 4.39. The van der Waals surface area contributed by atoms with Crippen molar-refractivity contribution in [2.24, 2.45) is 5.92 Å². The highest BCUT2D eigenvalue weighted by molar-refractivity contribution is 5.99. The fourth-order valence-corrected chi connectivity index (χ4v) is 3.24. The van der Waals surface area contributed by atoms with Gasteiger partial charge in [0.15, 0.2) is 0 Å². The van der Waals surface area contributed by atoms with Crippen LogP contribution in [-0.4, -0.2) is 47.6 Å². The van der Waals surface area contributed by atoms with Gasteiger partial charge in [-0.05, 0) is 31.5 Å². The summed E-state index contributed by atoms with van der Waals surface area (Å²) in [5.74, 6) is -3.25. The molecule has 2 atom stereocenters. The number of para-hydroxylation sites is 1. The number of amides is 1. The number of carboxylic acid groups (broad SMARTS) is 1. The summed E-state index contributed by atoms with van der Waals surface area (Å²) in [5, 5.41) is 9.02. The van der Waals surface area contributed by atoms with E-state index < -0.39 is 29.6 Å². The Balaban J connectivity index is 1.77. The number of likely N-dealkylation sites (tertiary alicyclic amines) is 1. The third kappa shape index (κ3) is 2.45. The molecule has 1 aromatic rings. The molecule has 2 fully saturated rings. The standard InChI is InChI=1S/C15H16F2N2O3/c16-10-2-1-3-11(17)13(10)19-7-5-12(14(19)20)18-6-4-9(8-18)15(21)22/h1-3,9,12H,4-8H2,(H,21,22). The van der Waals surface area contributed by atoms with Gasteiger partial charge in [-0.15, -0.1) is 0 Å². The lowest BCUT2D eigenvalue weighted by molar-refractivity contribution is -0.141. The van der Waals surface area contributed by atoms with E-state index in [2.05, 4.69) is 0 Å². The van der Waals surface area contributed by atoms with Gasteiger partial charge in [-0.3, -0.25) is 14.5 Å². The second kappa shape index (κ2) is 5.64. The highest BCUT2D eigenvalue weighted by atomic mass is 19.1. The molecule has 0 aliphatic carbocycles. The van der Waals surface area contributed by atoms with Crippen molar-refractivity contribution >= 4 is 17.6 Å². The number of aliphatic carboxylic acids is 1. The Hall–Kier alpha value is -2.02. The summed E-state index contributed by atoms with van der Waals surface area (Å²) < 4.78 is 27.6. The molecule has 0 saturated carbocycles. The Bertz CT molecular complexity index is 603. The van der Waals surface area contributed by atoms with Gasteiger partial charge in [0.05, 0.1) is 12.0 Å². The van der Waals surface area contributed by atoms with Crippen molar-refractivity contribution in [3.05, 3.63) is 29.8 Å². The molecule has 0 radical (unpaired) electrons. The molecule has 118 valence electrons. The molecule has 2 saturated heterocycles. The highest BCUT2D eigenvalue weighted by Gasteiger charge is 2.42. The van der Waals surface area contributed by atoms with Crippen LogP contribution in [-0.2, 0) is 9.59 Å². The van der Waals surface area contributed by atoms with Crippen LogP contribution in [0.4, 0.5) is 14.5 Å². The summed E-state index contributed by atoms with van der Waals surface area (Å²) in [6, 6.07) is 3.00. The SMILES string of the molecule is O=C(O)C1CCN(C2CCN(c3c(F)cccc3F)C2=O)C1. The number of rotatable bonds is 3. The van der Waals surface area contributed by atoms with Gasteiger partial charge < -0.3 is 10.0 Å². The van der Waals surface area contributed by atoms with Gasteiger partial charge in [0.1, 0.15) is 17.3 Å². The fourth-order valence-electron chi connectivity index (χ4n) is 3.24. The maximum Gasteiger partial charge on any atom is 0.307 e. The predicted molar refractivity (Wildman–Crippen MR) is 74.4 cm³/mol. The normalized spacial score (nSPS) is 25.9. The van der Waals surface area contributed by atoms with Crippen LogP contribution < -0.4 is 4.90 Å². The average molecular weight is 310 g/mol. The largest absolute Gasteiger partial charge is 0.481 e. The summed E-state index contributed by atoms with van der Waals surface area (Å²) in [7, 11) is 0. The van der Waals surface area contributed by atoms with E-state index in [0.717, 1.165) is 17.0 Å². The van der Waals surface area contributed by atoms with E-state index >= 15 is 0 Å². The molecule has 2 aliphatic rings. The Labute approximate surface area is 126 Å². The van der Waals surface area contributed by atoms with Crippen molar-refractivity contribution in [1.82, 2.24) is 4.90 Å². The lowest BCUT2D eigenvalue weighted by atomic mass is 10.1. The van der Waals surface area contributed by atoms with E-state index in [1.54, 1.807) is 4.90 Å². The third-order valence-corrected chi connectivity index (χ3v) is 4.39. The Morgan fingerprint density at radius 1 is 1.18 bits per heavy atom. The maximum atomic E-state index is 13.8. The molecule has 1 N–H and O–H groups in total. The summed E-state index contributed by atoms with van der Waals surface area (Å²) in [6.45, 7) is 1.05. The molecule has 5 nitrogen and oxygen atoms in total. The number of carboxylic acids is 1. The number of carbonyl (C=O) groups excluding carboxylic acids is 1. The van der Waals surface area contributed by atoms with Crippen LogP contribution >= 0.6 is 0 Å². The minimum Gasteiger partial charge on any atom is -0.481 e. The summed E-state index contributed by atoms with van der Waals surface area (Å²) in [5.41, 5.74) is -0.316. The molecular weight excluding hydrogens is 294 g/mol. The number of hydrogen-bond donors (Lipinski definition) is 1. The van der Waals surface area contributed by atoms with Crippen LogP contribution in [0.1, 0.15) is 12.8 Å². The second-order valence-corrected chi connectivity index (χ2v) is 5.68. The van der Waals surface area contributed by atoms with E-state index in [0.29, 0.717) is 25.9 Å². The van der Waals surface area contributed by atoms with Gasteiger partial charge in [0.25, 0.3) is 0 Å². The van der Waals surface area contributed by atoms with Gasteiger partial charge >= 0.3 is 5.97 Å². The zero-order chi connectivity index (χ0) is 15.9. The van der Waals surface area contributed by atoms with E-state index in [-0.39, 0.29) is 18.1 Å². The lowest BCUT2D eigenvalue weighted by Gasteiger charge is -2.23. The van der Waals surface area contributed by atoms with Crippen LogP contribution in [0.25, 0.3) is 0 Å². The maximum absolute atomic E-state index is 13.8. The Morgan fingerprint density at radius 2 is 1.86 bits per heavy atom. The first kappa shape index (κ1) is 14.9. The van der Waals surface area contributed by atoms with Crippen LogP contribution in [0.3, 0.4) is 0 Å². The highest BCUT2D eigenvalue weighted by Crippen LogP contribution is 2.31. The van der Waals surface area contributed by atoms with Crippen LogP contribution in [0.15, 0.2) is 18.2 Å². The number of anilines is 1. The summed E-state index contributed by atoms with van der Waals surface area (Å²) in [6.07, 6.45) is 0.937. The molecule has 1 amide bonds. The Kier molecular flexibility index (Phi) is 3.82. The van der Waals surface area contributed by atoms with Gasteiger partial charge in [0, 0.05) is 13.1 Å². The first-order chi connectivity index (χ1) is 10.5. The molecule has 22 heavy (non-hydrogen) atoms. The van der Waals surface area contributed by atoms with Crippen LogP contribution in [0.5, 0.6) is 0 Å². The number of halogens is 2. The van der Waals surface area contributed by atoms with Crippen molar-refractivity contribution in [3.8, 4) is 0 Å². The molecule has 1 aromatic carbocycles. The zero-order valence-electron chi connectivity index (χ0n) is 11.8. The average Bonchev–Trinajstić information content (AvgIpc) is 3.06. The molecule has 0 aromatic heterocycles. The molecular formula is C15H16F2N2O3. The smallest absolute Gasteiger partial charge is 0.307 e. The Morgan fingerprint density at radius 3 is 2.45 bits per heavy atom. The topological polar surface area (TPSA) is 60.9 Å². The molecule has 2 heterocycles. The quantitative estimate of drug-likeness (QED) is 0.918. The van der Waals surface area contributed by atoms with Gasteiger partial charge in [-0.1, -0.05) is 6.07 Å². The van der Waals surface area contributed by atoms with Crippen molar-refractivity contribution in [2.75, 3.05) is 24.5 Å². The van der Waals surface area contributed by atoms with Crippen molar-refractivity contribution < 1.29 is 23.5 Å². The first-order valence-corrected chi connectivity index (χ1v) is 7.21. The number of carbonyl (C=O) groups is 2. The van der Waals surface area contributed by atoms with Crippen molar-refractivity contribution in [2.45, 2.75) is 18.9 Å². The van der Waals surface area contributed by atoms with Crippen molar-refractivity contribution in [1.29, 1.82) is 0 Å². The molecule has 3 rings (SSSR count).